The summed E-state index contributed by atoms with van der Waals surface area (Å²) in [4.78, 5) is 45.1. The molecule has 10 heteroatoms. The van der Waals surface area contributed by atoms with Crippen molar-refractivity contribution in [1.82, 2.24) is 10.3 Å². The Hall–Kier alpha value is -4.54. The lowest BCUT2D eigenvalue weighted by Crippen LogP contribution is -2.31. The summed E-state index contributed by atoms with van der Waals surface area (Å²) < 4.78 is 11.2. The molecule has 0 bridgehead atoms. The van der Waals surface area contributed by atoms with E-state index < -0.39 is 11.9 Å². The Labute approximate surface area is 248 Å². The van der Waals surface area contributed by atoms with Crippen LogP contribution in [0.15, 0.2) is 53.9 Å². The van der Waals surface area contributed by atoms with Crippen molar-refractivity contribution in [3.05, 3.63) is 87.6 Å². The Bertz CT molecular complexity index is 1690. The van der Waals surface area contributed by atoms with Crippen LogP contribution in [0, 0.1) is 6.92 Å². The number of aromatic nitrogens is 1. The number of methoxy groups -OCH3 is 1. The maximum absolute atomic E-state index is 14.0. The van der Waals surface area contributed by atoms with E-state index >= 15 is 0 Å². The van der Waals surface area contributed by atoms with Gasteiger partial charge in [0.05, 0.1) is 13.7 Å². The standard InChI is InChI=1S/C32H32N4O5S/c1-17(2)34-31(38)26-8-6-21(28(35-26)32(39)40-4)22-15-27-24(29-20(9-11-41-27)10-12-42-29)14-23(22)30(37)36-25-7-5-19(16-33)13-18(25)3/h5-8,10,12-15,17H,9,11,16,33H2,1-4H3,(H,34,38)(H,36,37). The maximum atomic E-state index is 14.0. The number of anilines is 1. The van der Waals surface area contributed by atoms with Crippen molar-refractivity contribution in [2.45, 2.75) is 39.8 Å². The largest absolute Gasteiger partial charge is 0.493 e. The number of carbonyl (C=O) groups is 3. The van der Waals surface area contributed by atoms with Gasteiger partial charge in [-0.05, 0) is 79.2 Å². The summed E-state index contributed by atoms with van der Waals surface area (Å²) in [5.41, 5.74) is 11.2. The number of nitrogens with one attached hydrogen (secondary N) is 2. The second-order valence-electron chi connectivity index (χ2n) is 10.3. The van der Waals surface area contributed by atoms with Gasteiger partial charge in [0.15, 0.2) is 5.69 Å². The van der Waals surface area contributed by atoms with Crippen molar-refractivity contribution in [1.29, 1.82) is 0 Å². The highest BCUT2D eigenvalue weighted by Gasteiger charge is 2.27. The number of hydrogen-bond acceptors (Lipinski definition) is 8. The molecule has 0 fully saturated rings. The highest BCUT2D eigenvalue weighted by atomic mass is 32.1. The Kier molecular flexibility index (Phi) is 8.37. The lowest BCUT2D eigenvalue weighted by Gasteiger charge is -2.18. The van der Waals surface area contributed by atoms with E-state index in [2.05, 4.69) is 21.7 Å². The summed E-state index contributed by atoms with van der Waals surface area (Å²) in [7, 11) is 1.24. The first-order valence-electron chi connectivity index (χ1n) is 13.6. The van der Waals surface area contributed by atoms with Gasteiger partial charge in [-0.2, -0.15) is 0 Å². The van der Waals surface area contributed by atoms with E-state index in [1.165, 1.54) is 13.2 Å². The van der Waals surface area contributed by atoms with Crippen LogP contribution in [0.4, 0.5) is 5.69 Å². The van der Waals surface area contributed by atoms with Crippen LogP contribution >= 0.6 is 11.3 Å². The van der Waals surface area contributed by atoms with Gasteiger partial charge in [-0.1, -0.05) is 12.1 Å². The number of pyridine rings is 1. The lowest BCUT2D eigenvalue weighted by atomic mass is 9.93. The van der Waals surface area contributed by atoms with Crippen molar-refractivity contribution in [3.63, 3.8) is 0 Å². The van der Waals surface area contributed by atoms with Crippen LogP contribution in [0.1, 0.15) is 61.9 Å². The predicted octanol–water partition coefficient (Wildman–Crippen LogP) is 5.36. The highest BCUT2D eigenvalue weighted by molar-refractivity contribution is 7.13. The normalized spacial score (nSPS) is 12.0. The molecule has 0 saturated heterocycles. The molecule has 4 N–H and O–H groups in total. The first-order chi connectivity index (χ1) is 20.2. The molecular weight excluding hydrogens is 552 g/mol. The third-order valence-corrected chi connectivity index (χ3v) is 7.97. The number of rotatable bonds is 7. The monoisotopic (exact) mass is 584 g/mol. The fourth-order valence-corrected chi connectivity index (χ4v) is 5.88. The number of carbonyl (C=O) groups excluding carboxylic acids is 3. The van der Waals surface area contributed by atoms with Gasteiger partial charge in [-0.15, -0.1) is 11.3 Å². The molecule has 0 atom stereocenters. The van der Waals surface area contributed by atoms with Crippen molar-refractivity contribution in [2.24, 2.45) is 5.73 Å². The Morgan fingerprint density at radius 3 is 2.57 bits per heavy atom. The highest BCUT2D eigenvalue weighted by Crippen LogP contribution is 2.43. The first-order valence-corrected chi connectivity index (χ1v) is 14.5. The number of aryl methyl sites for hydroxylation is 1. The molecule has 4 aromatic rings. The molecule has 2 aromatic heterocycles. The third-order valence-electron chi connectivity index (χ3n) is 6.98. The Balaban J connectivity index is 1.69. The number of hydrogen-bond donors (Lipinski definition) is 3. The van der Waals surface area contributed by atoms with Crippen molar-refractivity contribution < 1.29 is 23.9 Å². The summed E-state index contributed by atoms with van der Waals surface area (Å²) in [6.07, 6.45) is 0.728. The SMILES string of the molecule is COC(=O)c1nc(C(=O)NC(C)C)ccc1-c1cc2c(cc1C(=O)Nc1ccc(CN)cc1C)-c1sccc1CCO2. The first kappa shape index (κ1) is 29.0. The van der Waals surface area contributed by atoms with E-state index in [9.17, 15) is 14.4 Å². The molecule has 0 aliphatic carbocycles. The number of benzene rings is 2. The molecule has 2 aromatic carbocycles. The van der Waals surface area contributed by atoms with E-state index in [4.69, 9.17) is 15.2 Å². The topological polar surface area (TPSA) is 133 Å². The van der Waals surface area contributed by atoms with Crippen molar-refractivity contribution in [3.8, 4) is 27.3 Å². The smallest absolute Gasteiger partial charge is 0.357 e. The molecule has 3 heterocycles. The van der Waals surface area contributed by atoms with Gasteiger partial charge in [0.25, 0.3) is 11.8 Å². The molecule has 0 radical (unpaired) electrons. The van der Waals surface area contributed by atoms with E-state index in [0.717, 1.165) is 33.6 Å². The number of amides is 2. The molecule has 42 heavy (non-hydrogen) atoms. The van der Waals surface area contributed by atoms with Crippen LogP contribution < -0.4 is 21.1 Å². The second-order valence-corrected chi connectivity index (χ2v) is 11.2. The Morgan fingerprint density at radius 1 is 1.05 bits per heavy atom. The van der Waals surface area contributed by atoms with Gasteiger partial charge in [0, 0.05) is 51.8 Å². The average molecular weight is 585 g/mol. The van der Waals surface area contributed by atoms with Crippen LogP contribution in [0.2, 0.25) is 0 Å². The van der Waals surface area contributed by atoms with Crippen LogP contribution in [0.25, 0.3) is 21.6 Å². The molecule has 1 aliphatic rings. The second kappa shape index (κ2) is 12.1. The zero-order valence-electron chi connectivity index (χ0n) is 23.9. The minimum Gasteiger partial charge on any atom is -0.493 e. The van der Waals surface area contributed by atoms with Gasteiger partial charge >= 0.3 is 5.97 Å². The minimum absolute atomic E-state index is 0.0590. The van der Waals surface area contributed by atoms with Gasteiger partial charge < -0.3 is 25.8 Å². The average Bonchev–Trinajstić information content (AvgIpc) is 3.38. The van der Waals surface area contributed by atoms with Crippen LogP contribution in [0.5, 0.6) is 5.75 Å². The Morgan fingerprint density at radius 2 is 1.86 bits per heavy atom. The fraction of sp³-hybridized carbons (Fsp3) is 0.250. The maximum Gasteiger partial charge on any atom is 0.357 e. The summed E-state index contributed by atoms with van der Waals surface area (Å²) in [6, 6.07) is 14.3. The number of thiophene rings is 1. The zero-order chi connectivity index (χ0) is 30.0. The minimum atomic E-state index is -0.736. The van der Waals surface area contributed by atoms with Crippen molar-refractivity contribution in [2.75, 3.05) is 19.0 Å². The summed E-state index contributed by atoms with van der Waals surface area (Å²) >= 11 is 1.58. The van der Waals surface area contributed by atoms with E-state index in [-0.39, 0.29) is 23.3 Å². The van der Waals surface area contributed by atoms with Gasteiger partial charge in [-0.3, -0.25) is 9.59 Å². The number of ether oxygens (including phenoxy) is 2. The lowest BCUT2D eigenvalue weighted by molar-refractivity contribution is 0.0594. The molecule has 216 valence electrons. The quantitative estimate of drug-likeness (QED) is 0.249. The molecular formula is C32H32N4O5S. The molecule has 1 aliphatic heterocycles. The molecule has 0 saturated carbocycles. The predicted molar refractivity (Wildman–Crippen MR) is 163 cm³/mol. The van der Waals surface area contributed by atoms with Crippen LogP contribution in [0.3, 0.4) is 0 Å². The summed E-state index contributed by atoms with van der Waals surface area (Å²) in [5.74, 6) is -0.952. The van der Waals surface area contributed by atoms with E-state index in [1.54, 1.807) is 29.5 Å². The number of fused-ring (bicyclic) bond motifs is 3. The number of nitrogens with zero attached hydrogens (tertiary/aromatic N) is 1. The summed E-state index contributed by atoms with van der Waals surface area (Å²) in [5, 5.41) is 7.83. The molecule has 5 rings (SSSR count). The molecule has 0 unspecified atom stereocenters. The number of esters is 1. The van der Waals surface area contributed by atoms with Gasteiger partial charge in [0.1, 0.15) is 11.4 Å². The van der Waals surface area contributed by atoms with Crippen molar-refractivity contribution >= 4 is 34.8 Å². The zero-order valence-corrected chi connectivity index (χ0v) is 24.7. The van der Waals surface area contributed by atoms with Crippen LogP contribution in [-0.2, 0) is 17.7 Å². The molecule has 2 amide bonds. The third kappa shape index (κ3) is 5.77. The van der Waals surface area contributed by atoms with Gasteiger partial charge in [0.2, 0.25) is 0 Å². The summed E-state index contributed by atoms with van der Waals surface area (Å²) in [6.45, 7) is 6.42. The van der Waals surface area contributed by atoms with Gasteiger partial charge in [-0.25, -0.2) is 9.78 Å². The molecule has 9 nitrogen and oxygen atoms in total. The van der Waals surface area contributed by atoms with E-state index in [1.807, 2.05) is 44.4 Å². The van der Waals surface area contributed by atoms with E-state index in [0.29, 0.717) is 41.3 Å². The fourth-order valence-electron chi connectivity index (χ4n) is 4.90. The van der Waals surface area contributed by atoms with Crippen LogP contribution in [-0.4, -0.2) is 42.5 Å². The number of nitrogens with two attached hydrogens (primary N) is 1. The molecule has 0 spiro atoms.